The van der Waals surface area contributed by atoms with Crippen LogP contribution in [-0.4, -0.2) is 67.9 Å². The first-order chi connectivity index (χ1) is 16.9. The van der Waals surface area contributed by atoms with Crippen LogP contribution in [0.15, 0.2) is 24.8 Å². The number of amides is 2. The number of Topliss-reactive ketones (excluding diaryl/α,β-unsaturated/α-hetero) is 1. The molecule has 35 heavy (non-hydrogen) atoms. The fourth-order valence-corrected chi connectivity index (χ4v) is 4.92. The van der Waals surface area contributed by atoms with E-state index in [4.69, 9.17) is 18.9 Å². The Morgan fingerprint density at radius 1 is 1.20 bits per heavy atom. The smallest absolute Gasteiger partial charge is 0.256 e. The minimum absolute atomic E-state index is 0.155. The molecular weight excluding hydrogens is 452 g/mol. The number of anilines is 1. The number of ketones is 1. The molecule has 2 fully saturated rings. The molecule has 0 bridgehead atoms. The van der Waals surface area contributed by atoms with Gasteiger partial charge < -0.3 is 23.8 Å². The summed E-state index contributed by atoms with van der Waals surface area (Å²) < 4.78 is 23.5. The van der Waals surface area contributed by atoms with Gasteiger partial charge in [0.2, 0.25) is 5.91 Å². The SMILES string of the molecule is C=CCCC(=O)N1c2cc(OCC(C)=O)c(OC)cc2C(=O)N2CCC[C@H]2C1OC1CCCCO1. The Balaban J connectivity index is 1.83. The molecule has 9 nitrogen and oxygen atoms in total. The zero-order chi connectivity index (χ0) is 24.9. The maximum absolute atomic E-state index is 13.7. The lowest BCUT2D eigenvalue weighted by Crippen LogP contribution is -2.54. The number of hydrogen-bond donors (Lipinski definition) is 0. The van der Waals surface area contributed by atoms with Crippen molar-refractivity contribution in [1.29, 1.82) is 0 Å². The molecule has 4 rings (SSSR count). The molecule has 2 unspecified atom stereocenters. The highest BCUT2D eigenvalue weighted by Crippen LogP contribution is 2.42. The van der Waals surface area contributed by atoms with Crippen LogP contribution in [0.5, 0.6) is 11.5 Å². The zero-order valence-corrected chi connectivity index (χ0v) is 20.5. The number of rotatable bonds is 9. The van der Waals surface area contributed by atoms with E-state index in [-0.39, 0.29) is 42.4 Å². The summed E-state index contributed by atoms with van der Waals surface area (Å²) in [6, 6.07) is 2.90. The summed E-state index contributed by atoms with van der Waals surface area (Å²) in [5, 5.41) is 0. The first kappa shape index (κ1) is 25.2. The van der Waals surface area contributed by atoms with Gasteiger partial charge in [-0.1, -0.05) is 6.08 Å². The molecule has 0 radical (unpaired) electrons. The number of nitrogens with zero attached hydrogens (tertiary/aromatic N) is 2. The summed E-state index contributed by atoms with van der Waals surface area (Å²) in [5.41, 5.74) is 0.727. The quantitative estimate of drug-likeness (QED) is 0.494. The van der Waals surface area contributed by atoms with Gasteiger partial charge in [0.1, 0.15) is 6.61 Å². The van der Waals surface area contributed by atoms with Crippen LogP contribution in [0.25, 0.3) is 0 Å². The van der Waals surface area contributed by atoms with Gasteiger partial charge in [-0.2, -0.15) is 0 Å². The minimum atomic E-state index is -0.711. The van der Waals surface area contributed by atoms with Crippen molar-refractivity contribution in [2.75, 3.05) is 31.8 Å². The molecule has 190 valence electrons. The van der Waals surface area contributed by atoms with Crippen LogP contribution in [0.4, 0.5) is 5.69 Å². The lowest BCUT2D eigenvalue weighted by atomic mass is 10.1. The first-order valence-electron chi connectivity index (χ1n) is 12.3. The van der Waals surface area contributed by atoms with Crippen molar-refractivity contribution in [3.05, 3.63) is 30.4 Å². The number of carbonyl (C=O) groups excluding carboxylic acids is 3. The molecular formula is C26H34N2O7. The lowest BCUT2D eigenvalue weighted by Gasteiger charge is -2.38. The molecule has 0 aliphatic carbocycles. The van der Waals surface area contributed by atoms with E-state index < -0.39 is 12.5 Å². The van der Waals surface area contributed by atoms with Crippen molar-refractivity contribution in [2.24, 2.45) is 0 Å². The number of ether oxygens (including phenoxy) is 4. The predicted octanol–water partition coefficient (Wildman–Crippen LogP) is 3.45. The summed E-state index contributed by atoms with van der Waals surface area (Å²) in [6.45, 7) is 6.19. The van der Waals surface area contributed by atoms with Crippen molar-refractivity contribution in [3.8, 4) is 11.5 Å². The molecule has 2 amide bonds. The van der Waals surface area contributed by atoms with E-state index in [2.05, 4.69) is 6.58 Å². The van der Waals surface area contributed by atoms with E-state index in [1.54, 1.807) is 28.0 Å². The average Bonchev–Trinajstić information content (AvgIpc) is 3.32. The monoisotopic (exact) mass is 486 g/mol. The van der Waals surface area contributed by atoms with E-state index in [1.165, 1.54) is 14.0 Å². The van der Waals surface area contributed by atoms with Crippen LogP contribution >= 0.6 is 0 Å². The van der Waals surface area contributed by atoms with Crippen LogP contribution in [0, 0.1) is 0 Å². The standard InChI is InChI=1S/C26H34N2O7/c1-4-5-10-23(30)28-20-15-22(34-16-17(2)29)21(32-3)14-18(20)25(31)27-12-8-9-19(27)26(28)35-24-11-6-7-13-33-24/h4,14-15,19,24,26H,1,5-13,16H2,2-3H3/t19-,24?,26?/m0/s1. The fourth-order valence-electron chi connectivity index (χ4n) is 4.92. The molecule has 3 heterocycles. The predicted molar refractivity (Wildman–Crippen MR) is 129 cm³/mol. The van der Waals surface area contributed by atoms with Gasteiger partial charge in [-0.3, -0.25) is 19.3 Å². The molecule has 0 spiro atoms. The van der Waals surface area contributed by atoms with Crippen molar-refractivity contribution in [1.82, 2.24) is 4.90 Å². The Bertz CT molecular complexity index is 973. The third kappa shape index (κ3) is 5.36. The molecule has 0 saturated carbocycles. The Kier molecular flexibility index (Phi) is 8.07. The maximum Gasteiger partial charge on any atom is 0.256 e. The first-order valence-corrected chi connectivity index (χ1v) is 12.3. The van der Waals surface area contributed by atoms with Crippen LogP contribution in [-0.2, 0) is 19.1 Å². The van der Waals surface area contributed by atoms with Gasteiger partial charge in [0, 0.05) is 25.6 Å². The largest absolute Gasteiger partial charge is 0.493 e. The van der Waals surface area contributed by atoms with Gasteiger partial charge in [-0.15, -0.1) is 6.58 Å². The van der Waals surface area contributed by atoms with Crippen molar-refractivity contribution < 1.29 is 33.3 Å². The number of allylic oxidation sites excluding steroid dienone is 1. The van der Waals surface area contributed by atoms with Gasteiger partial charge in [-0.05, 0) is 51.5 Å². The van der Waals surface area contributed by atoms with E-state index in [9.17, 15) is 14.4 Å². The Hall–Kier alpha value is -2.91. The number of hydrogen-bond acceptors (Lipinski definition) is 7. The third-order valence-corrected chi connectivity index (χ3v) is 6.61. The fraction of sp³-hybridized carbons (Fsp3) is 0.577. The van der Waals surface area contributed by atoms with Gasteiger partial charge in [0.15, 0.2) is 29.8 Å². The van der Waals surface area contributed by atoms with E-state index in [0.29, 0.717) is 43.0 Å². The highest BCUT2D eigenvalue weighted by molar-refractivity contribution is 6.07. The highest BCUT2D eigenvalue weighted by Gasteiger charge is 2.47. The Morgan fingerprint density at radius 2 is 2.03 bits per heavy atom. The molecule has 1 aromatic rings. The summed E-state index contributed by atoms with van der Waals surface area (Å²) in [4.78, 5) is 42.3. The van der Waals surface area contributed by atoms with E-state index in [0.717, 1.165) is 25.7 Å². The second kappa shape index (κ2) is 11.2. The summed E-state index contributed by atoms with van der Waals surface area (Å²) in [7, 11) is 1.47. The van der Waals surface area contributed by atoms with E-state index in [1.807, 2.05) is 0 Å². The Morgan fingerprint density at radius 3 is 2.71 bits per heavy atom. The second-order valence-electron chi connectivity index (χ2n) is 9.13. The number of carbonyl (C=O) groups is 3. The van der Waals surface area contributed by atoms with Gasteiger partial charge in [0.25, 0.3) is 5.91 Å². The lowest BCUT2D eigenvalue weighted by molar-refractivity contribution is -0.197. The molecule has 9 heteroatoms. The van der Waals surface area contributed by atoms with Crippen LogP contribution < -0.4 is 14.4 Å². The van der Waals surface area contributed by atoms with Crippen LogP contribution in [0.1, 0.15) is 62.2 Å². The molecule has 0 aromatic heterocycles. The Labute approximate surface area is 205 Å². The van der Waals surface area contributed by atoms with Crippen molar-refractivity contribution in [3.63, 3.8) is 0 Å². The molecule has 0 N–H and O–H groups in total. The van der Waals surface area contributed by atoms with Crippen molar-refractivity contribution >= 4 is 23.3 Å². The molecule has 3 atom stereocenters. The number of benzene rings is 1. The summed E-state index contributed by atoms with van der Waals surface area (Å²) in [5.74, 6) is 0.0775. The van der Waals surface area contributed by atoms with Gasteiger partial charge in [-0.25, -0.2) is 0 Å². The molecule has 3 aliphatic rings. The molecule has 3 aliphatic heterocycles. The second-order valence-corrected chi connectivity index (χ2v) is 9.13. The third-order valence-electron chi connectivity index (χ3n) is 6.61. The molecule has 2 saturated heterocycles. The normalized spacial score (nSPS) is 23.8. The summed E-state index contributed by atoms with van der Waals surface area (Å²) >= 11 is 0. The highest BCUT2D eigenvalue weighted by atomic mass is 16.7. The number of methoxy groups -OCH3 is 1. The van der Waals surface area contributed by atoms with Crippen LogP contribution in [0.2, 0.25) is 0 Å². The van der Waals surface area contributed by atoms with Crippen LogP contribution in [0.3, 0.4) is 0 Å². The topological polar surface area (TPSA) is 94.6 Å². The van der Waals surface area contributed by atoms with Gasteiger partial charge in [0.05, 0.1) is 24.4 Å². The zero-order valence-electron chi connectivity index (χ0n) is 20.5. The molecule has 1 aromatic carbocycles. The van der Waals surface area contributed by atoms with E-state index >= 15 is 0 Å². The van der Waals surface area contributed by atoms with Gasteiger partial charge >= 0.3 is 0 Å². The summed E-state index contributed by atoms with van der Waals surface area (Å²) in [6.07, 6.45) is 5.45. The number of fused-ring (bicyclic) bond motifs is 2. The minimum Gasteiger partial charge on any atom is -0.493 e. The van der Waals surface area contributed by atoms with Crippen molar-refractivity contribution in [2.45, 2.75) is 70.4 Å². The maximum atomic E-state index is 13.7. The average molecular weight is 487 g/mol.